The average molecular weight is 277 g/mol. The second-order valence-electron chi connectivity index (χ2n) is 5.74. The van der Waals surface area contributed by atoms with Crippen LogP contribution >= 0.6 is 0 Å². The van der Waals surface area contributed by atoms with Crippen LogP contribution in [-0.4, -0.2) is 34.3 Å². The number of nitrogens with two attached hydrogens (primary N) is 1. The number of anilines is 2. The molecular formula is C14H23N5O. The Morgan fingerprint density at radius 3 is 2.60 bits per heavy atom. The summed E-state index contributed by atoms with van der Waals surface area (Å²) in [6.07, 6.45) is 7.19. The Hall–Kier alpha value is -1.40. The minimum Gasteiger partial charge on any atom is -0.395 e. The van der Waals surface area contributed by atoms with Crippen LogP contribution in [0.25, 0.3) is 0 Å². The smallest absolute Gasteiger partial charge is 0.145 e. The lowest BCUT2D eigenvalue weighted by atomic mass is 10.2. The molecule has 2 fully saturated rings. The fourth-order valence-electron chi connectivity index (χ4n) is 3.01. The highest BCUT2D eigenvalue weighted by molar-refractivity contribution is 5.50. The standard InChI is InChI=1S/C14H23N5O/c15-18-12-9-13(17-14(16-12)10-5-6-10)19(7-8-20)11-3-1-2-4-11/h9-11,20H,1-8,15H2,(H,16,17,18). The molecule has 2 saturated carbocycles. The summed E-state index contributed by atoms with van der Waals surface area (Å²) in [6, 6.07) is 2.37. The van der Waals surface area contributed by atoms with Gasteiger partial charge in [0, 0.05) is 24.6 Å². The number of hydrogen-bond acceptors (Lipinski definition) is 6. The number of aromatic nitrogens is 2. The van der Waals surface area contributed by atoms with Gasteiger partial charge in [-0.2, -0.15) is 0 Å². The third-order valence-electron chi connectivity index (χ3n) is 4.22. The minimum atomic E-state index is 0.144. The van der Waals surface area contributed by atoms with Gasteiger partial charge in [0.05, 0.1) is 6.61 Å². The van der Waals surface area contributed by atoms with Crippen LogP contribution in [-0.2, 0) is 0 Å². The van der Waals surface area contributed by atoms with Crippen LogP contribution in [0.2, 0.25) is 0 Å². The van der Waals surface area contributed by atoms with Crippen LogP contribution in [0.4, 0.5) is 11.6 Å². The molecule has 110 valence electrons. The second kappa shape index (κ2) is 5.93. The van der Waals surface area contributed by atoms with Gasteiger partial charge in [-0.1, -0.05) is 12.8 Å². The Kier molecular flexibility index (Phi) is 4.03. The van der Waals surface area contributed by atoms with Crippen LogP contribution in [0, 0.1) is 0 Å². The normalized spacial score (nSPS) is 19.3. The molecule has 0 unspecified atom stereocenters. The number of aliphatic hydroxyl groups is 1. The predicted molar refractivity (Wildman–Crippen MR) is 78.5 cm³/mol. The van der Waals surface area contributed by atoms with Crippen LogP contribution in [0.1, 0.15) is 50.3 Å². The molecule has 6 heteroatoms. The predicted octanol–water partition coefficient (Wildman–Crippen LogP) is 1.38. The third kappa shape index (κ3) is 2.86. The van der Waals surface area contributed by atoms with Crippen LogP contribution < -0.4 is 16.2 Å². The molecule has 4 N–H and O–H groups in total. The third-order valence-corrected chi connectivity index (χ3v) is 4.22. The molecule has 2 aliphatic carbocycles. The van der Waals surface area contributed by atoms with E-state index in [9.17, 15) is 5.11 Å². The largest absolute Gasteiger partial charge is 0.395 e. The maximum Gasteiger partial charge on any atom is 0.145 e. The SMILES string of the molecule is NNc1cc(N(CCO)C2CCCC2)nc(C2CC2)n1. The molecule has 3 rings (SSSR count). The van der Waals surface area contributed by atoms with E-state index in [4.69, 9.17) is 10.8 Å². The van der Waals surface area contributed by atoms with Crippen molar-refractivity contribution in [1.82, 2.24) is 9.97 Å². The van der Waals surface area contributed by atoms with E-state index in [0.717, 1.165) is 24.5 Å². The first-order valence-electron chi connectivity index (χ1n) is 7.55. The molecule has 0 aromatic carbocycles. The van der Waals surface area contributed by atoms with Crippen molar-refractivity contribution in [3.8, 4) is 0 Å². The number of nitrogens with one attached hydrogen (secondary N) is 1. The van der Waals surface area contributed by atoms with Crippen LogP contribution in [0.5, 0.6) is 0 Å². The van der Waals surface area contributed by atoms with E-state index in [2.05, 4.69) is 15.3 Å². The maximum absolute atomic E-state index is 9.35. The minimum absolute atomic E-state index is 0.144. The first kappa shape index (κ1) is 13.6. The molecule has 0 spiro atoms. The fourth-order valence-corrected chi connectivity index (χ4v) is 3.01. The number of nitrogens with zero attached hydrogens (tertiary/aromatic N) is 3. The second-order valence-corrected chi connectivity index (χ2v) is 5.74. The molecule has 2 aliphatic rings. The molecule has 0 atom stereocenters. The van der Waals surface area contributed by atoms with Crippen molar-refractivity contribution in [3.05, 3.63) is 11.9 Å². The van der Waals surface area contributed by atoms with E-state index in [0.29, 0.717) is 24.3 Å². The zero-order chi connectivity index (χ0) is 13.9. The van der Waals surface area contributed by atoms with Gasteiger partial charge in [0.2, 0.25) is 0 Å². The van der Waals surface area contributed by atoms with Gasteiger partial charge in [0.1, 0.15) is 17.5 Å². The molecule has 1 aromatic heterocycles. The quantitative estimate of drug-likeness (QED) is 0.538. The summed E-state index contributed by atoms with van der Waals surface area (Å²) in [6.45, 7) is 0.764. The van der Waals surface area contributed by atoms with Crippen molar-refractivity contribution in [2.75, 3.05) is 23.5 Å². The molecule has 0 bridgehead atoms. The van der Waals surface area contributed by atoms with Crippen LogP contribution in [0.15, 0.2) is 6.07 Å². The molecule has 20 heavy (non-hydrogen) atoms. The Morgan fingerprint density at radius 1 is 1.25 bits per heavy atom. The van der Waals surface area contributed by atoms with Crippen LogP contribution in [0.3, 0.4) is 0 Å². The summed E-state index contributed by atoms with van der Waals surface area (Å²) in [7, 11) is 0. The Morgan fingerprint density at radius 2 is 2.00 bits per heavy atom. The van der Waals surface area contributed by atoms with E-state index < -0.39 is 0 Å². The average Bonchev–Trinajstić information content (AvgIpc) is 3.20. The van der Waals surface area contributed by atoms with Gasteiger partial charge in [0.25, 0.3) is 0 Å². The highest BCUT2D eigenvalue weighted by Crippen LogP contribution is 2.39. The summed E-state index contributed by atoms with van der Waals surface area (Å²) >= 11 is 0. The van der Waals surface area contributed by atoms with E-state index in [1.807, 2.05) is 6.07 Å². The van der Waals surface area contributed by atoms with Gasteiger partial charge in [-0.05, 0) is 25.7 Å². The van der Waals surface area contributed by atoms with E-state index in [1.54, 1.807) is 0 Å². The number of hydrogen-bond donors (Lipinski definition) is 3. The Bertz CT molecular complexity index is 457. The first-order chi connectivity index (χ1) is 9.81. The topological polar surface area (TPSA) is 87.3 Å². The van der Waals surface area contributed by atoms with Gasteiger partial charge in [-0.15, -0.1) is 0 Å². The summed E-state index contributed by atoms with van der Waals surface area (Å²) in [5.74, 6) is 8.46. The lowest BCUT2D eigenvalue weighted by Gasteiger charge is -2.30. The fraction of sp³-hybridized carbons (Fsp3) is 0.714. The van der Waals surface area contributed by atoms with Gasteiger partial charge >= 0.3 is 0 Å². The van der Waals surface area contributed by atoms with Crippen molar-refractivity contribution in [1.29, 1.82) is 0 Å². The van der Waals surface area contributed by atoms with Crippen molar-refractivity contribution < 1.29 is 5.11 Å². The highest BCUT2D eigenvalue weighted by atomic mass is 16.3. The Labute approximate surface area is 119 Å². The molecule has 1 heterocycles. The van der Waals surface area contributed by atoms with E-state index in [-0.39, 0.29) is 6.61 Å². The molecule has 0 aliphatic heterocycles. The van der Waals surface area contributed by atoms with Crippen molar-refractivity contribution in [2.45, 2.75) is 50.5 Å². The lowest BCUT2D eigenvalue weighted by Crippen LogP contribution is -2.36. The maximum atomic E-state index is 9.35. The molecule has 6 nitrogen and oxygen atoms in total. The van der Waals surface area contributed by atoms with E-state index in [1.165, 1.54) is 25.7 Å². The Balaban J connectivity index is 1.89. The number of nitrogen functional groups attached to an aromatic ring is 1. The lowest BCUT2D eigenvalue weighted by molar-refractivity contribution is 0.296. The van der Waals surface area contributed by atoms with Crippen molar-refractivity contribution >= 4 is 11.6 Å². The van der Waals surface area contributed by atoms with Gasteiger partial charge < -0.3 is 15.4 Å². The molecule has 0 amide bonds. The van der Waals surface area contributed by atoms with Crippen molar-refractivity contribution in [3.63, 3.8) is 0 Å². The zero-order valence-corrected chi connectivity index (χ0v) is 11.8. The molecule has 0 radical (unpaired) electrons. The number of hydrazine groups is 1. The molecule has 0 saturated heterocycles. The summed E-state index contributed by atoms with van der Waals surface area (Å²) in [5, 5.41) is 9.35. The zero-order valence-electron chi connectivity index (χ0n) is 11.8. The molecule has 1 aromatic rings. The first-order valence-corrected chi connectivity index (χ1v) is 7.55. The monoisotopic (exact) mass is 277 g/mol. The van der Waals surface area contributed by atoms with Gasteiger partial charge in [-0.3, -0.25) is 0 Å². The highest BCUT2D eigenvalue weighted by Gasteiger charge is 2.29. The molecular weight excluding hydrogens is 254 g/mol. The van der Waals surface area contributed by atoms with Gasteiger partial charge in [0.15, 0.2) is 0 Å². The number of aliphatic hydroxyl groups excluding tert-OH is 1. The van der Waals surface area contributed by atoms with Crippen molar-refractivity contribution in [2.24, 2.45) is 5.84 Å². The summed E-state index contributed by atoms with van der Waals surface area (Å²) in [5.41, 5.74) is 2.64. The summed E-state index contributed by atoms with van der Waals surface area (Å²) < 4.78 is 0. The van der Waals surface area contributed by atoms with E-state index >= 15 is 0 Å². The van der Waals surface area contributed by atoms with Gasteiger partial charge in [-0.25, -0.2) is 15.8 Å². The number of rotatable bonds is 6. The summed E-state index contributed by atoms with van der Waals surface area (Å²) in [4.78, 5) is 11.4.